The molecule has 0 amide bonds. The average Bonchev–Trinajstić information content (AvgIpc) is 2.67. The lowest BCUT2D eigenvalue weighted by Crippen LogP contribution is -1.97. The van der Waals surface area contributed by atoms with E-state index < -0.39 is 10.1 Å². The molecule has 0 atom stereocenters. The molecule has 2 aromatic rings. The van der Waals surface area contributed by atoms with Gasteiger partial charge in [-0.15, -0.1) is 0 Å². The van der Waals surface area contributed by atoms with Gasteiger partial charge >= 0.3 is 0 Å². The van der Waals surface area contributed by atoms with Gasteiger partial charge in [0.15, 0.2) is 0 Å². The van der Waals surface area contributed by atoms with Crippen LogP contribution in [-0.2, 0) is 16.5 Å². The summed E-state index contributed by atoms with van der Waals surface area (Å²) in [6.45, 7) is 2.26. The summed E-state index contributed by atoms with van der Waals surface area (Å²) >= 11 is 0. The van der Waals surface area contributed by atoms with Gasteiger partial charge in [-0.2, -0.15) is 8.42 Å². The molecule has 1 N–H and O–H groups in total. The van der Waals surface area contributed by atoms with Crippen molar-refractivity contribution in [1.29, 1.82) is 0 Å². The molecule has 0 aliphatic carbocycles. The molecule has 0 aliphatic rings. The fourth-order valence-electron chi connectivity index (χ4n) is 3.76. The van der Waals surface area contributed by atoms with Crippen LogP contribution in [0.25, 0.3) is 10.8 Å². The van der Waals surface area contributed by atoms with E-state index in [-0.39, 0.29) is 4.90 Å². The van der Waals surface area contributed by atoms with E-state index in [9.17, 15) is 13.0 Å². The van der Waals surface area contributed by atoms with E-state index in [2.05, 4.69) is 13.0 Å². The molecule has 4 heteroatoms. The monoisotopic (exact) mass is 404 g/mol. The zero-order valence-electron chi connectivity index (χ0n) is 17.3. The molecule has 2 rings (SSSR count). The van der Waals surface area contributed by atoms with Crippen LogP contribution in [0.1, 0.15) is 89.5 Å². The lowest BCUT2D eigenvalue weighted by molar-refractivity contribution is 0.483. The zero-order valence-corrected chi connectivity index (χ0v) is 18.1. The Balaban J connectivity index is 1.63. The van der Waals surface area contributed by atoms with Crippen molar-refractivity contribution in [3.05, 3.63) is 42.0 Å². The van der Waals surface area contributed by atoms with Crippen LogP contribution in [0.3, 0.4) is 0 Å². The van der Waals surface area contributed by atoms with Gasteiger partial charge < -0.3 is 0 Å². The van der Waals surface area contributed by atoms with Crippen molar-refractivity contribution in [2.45, 2.75) is 95.3 Å². The maximum Gasteiger partial charge on any atom is 0.294 e. The molecule has 0 saturated carbocycles. The van der Waals surface area contributed by atoms with Gasteiger partial charge in [0, 0.05) is 0 Å². The minimum atomic E-state index is -4.15. The second-order valence-corrected chi connectivity index (χ2v) is 9.38. The van der Waals surface area contributed by atoms with Crippen LogP contribution in [0, 0.1) is 0 Å². The number of hydrogen-bond acceptors (Lipinski definition) is 2. The van der Waals surface area contributed by atoms with Crippen molar-refractivity contribution in [1.82, 2.24) is 0 Å². The quantitative estimate of drug-likeness (QED) is 0.265. The molecule has 156 valence electrons. The second kappa shape index (κ2) is 12.2. The van der Waals surface area contributed by atoms with Crippen LogP contribution in [-0.4, -0.2) is 13.0 Å². The minimum absolute atomic E-state index is 0.0393. The summed E-state index contributed by atoms with van der Waals surface area (Å²) < 4.78 is 31.8. The van der Waals surface area contributed by atoms with Gasteiger partial charge in [-0.1, -0.05) is 102 Å². The zero-order chi connectivity index (χ0) is 20.2. The summed E-state index contributed by atoms with van der Waals surface area (Å²) in [5, 5.41) is 1.86. The van der Waals surface area contributed by atoms with Crippen molar-refractivity contribution in [2.75, 3.05) is 0 Å². The second-order valence-electron chi connectivity index (χ2n) is 7.96. The molecule has 3 nitrogen and oxygen atoms in total. The van der Waals surface area contributed by atoms with E-state index >= 15 is 0 Å². The molecule has 0 fully saturated rings. The van der Waals surface area contributed by atoms with Gasteiger partial charge in [-0.25, -0.2) is 0 Å². The first-order valence-corrected chi connectivity index (χ1v) is 12.4. The van der Waals surface area contributed by atoms with Crippen molar-refractivity contribution < 1.29 is 13.0 Å². The SMILES string of the molecule is CCCCCCCCCCCCCCc1ccc2ccc(S(=O)(=O)O)cc2c1. The Hall–Kier alpha value is -1.39. The highest BCUT2D eigenvalue weighted by atomic mass is 32.2. The summed E-state index contributed by atoms with van der Waals surface area (Å²) in [6, 6.07) is 10.9. The number of benzene rings is 2. The summed E-state index contributed by atoms with van der Waals surface area (Å²) in [4.78, 5) is -0.0393. The lowest BCUT2D eigenvalue weighted by atomic mass is 10.0. The first-order valence-electron chi connectivity index (χ1n) is 11.0. The highest BCUT2D eigenvalue weighted by Crippen LogP contribution is 2.22. The first kappa shape index (κ1) is 22.9. The predicted octanol–water partition coefficient (Wildman–Crippen LogP) is 7.33. The topological polar surface area (TPSA) is 54.4 Å². The fraction of sp³-hybridized carbons (Fsp3) is 0.583. The third-order valence-corrected chi connectivity index (χ3v) is 6.34. The number of rotatable bonds is 14. The Kier molecular flexibility index (Phi) is 10.0. The van der Waals surface area contributed by atoms with Crippen molar-refractivity contribution >= 4 is 20.9 Å². The Morgan fingerprint density at radius 2 is 1.21 bits per heavy atom. The van der Waals surface area contributed by atoms with Crippen molar-refractivity contribution in [3.63, 3.8) is 0 Å². The first-order chi connectivity index (χ1) is 13.5. The van der Waals surface area contributed by atoms with Gasteiger partial charge in [0.1, 0.15) is 0 Å². The smallest absolute Gasteiger partial charge is 0.282 e. The molecule has 0 saturated heterocycles. The fourth-order valence-corrected chi connectivity index (χ4v) is 4.28. The molecular formula is C24H36O3S. The minimum Gasteiger partial charge on any atom is -0.282 e. The van der Waals surface area contributed by atoms with Gasteiger partial charge in [0.2, 0.25) is 0 Å². The van der Waals surface area contributed by atoms with Crippen molar-refractivity contribution in [3.8, 4) is 0 Å². The molecule has 0 aromatic heterocycles. The summed E-state index contributed by atoms with van der Waals surface area (Å²) in [5.41, 5.74) is 1.23. The largest absolute Gasteiger partial charge is 0.294 e. The van der Waals surface area contributed by atoms with Gasteiger partial charge in [-0.05, 0) is 41.3 Å². The summed E-state index contributed by atoms with van der Waals surface area (Å²) in [5.74, 6) is 0. The number of fused-ring (bicyclic) bond motifs is 1. The Morgan fingerprint density at radius 3 is 1.79 bits per heavy atom. The molecule has 2 aromatic carbocycles. The Bertz CT molecular complexity index is 812. The Morgan fingerprint density at radius 1 is 0.679 bits per heavy atom. The molecule has 0 spiro atoms. The van der Waals surface area contributed by atoms with Crippen LogP contribution in [0.2, 0.25) is 0 Å². The molecular weight excluding hydrogens is 368 g/mol. The normalized spacial score (nSPS) is 11.9. The van der Waals surface area contributed by atoms with E-state index in [1.165, 1.54) is 88.7 Å². The van der Waals surface area contributed by atoms with Crippen LogP contribution in [0.4, 0.5) is 0 Å². The van der Waals surface area contributed by atoms with Gasteiger partial charge in [-0.3, -0.25) is 4.55 Å². The standard InChI is InChI=1S/C24H36O3S/c1-2-3-4-5-6-7-8-9-10-11-12-13-14-21-15-16-22-17-18-24(28(25,26)27)20-23(22)19-21/h15-20H,2-14H2,1H3,(H,25,26,27). The molecule has 0 unspecified atom stereocenters. The van der Waals surface area contributed by atoms with E-state index in [0.717, 1.165) is 17.2 Å². The molecule has 0 radical (unpaired) electrons. The highest BCUT2D eigenvalue weighted by molar-refractivity contribution is 7.85. The molecule has 0 bridgehead atoms. The van der Waals surface area contributed by atoms with E-state index in [1.54, 1.807) is 12.1 Å². The molecule has 28 heavy (non-hydrogen) atoms. The number of unbranched alkanes of at least 4 members (excludes halogenated alkanes) is 11. The highest BCUT2D eigenvalue weighted by Gasteiger charge is 2.09. The maximum atomic E-state index is 11.3. The number of aryl methyl sites for hydroxylation is 1. The van der Waals surface area contributed by atoms with Crippen LogP contribution >= 0.6 is 0 Å². The van der Waals surface area contributed by atoms with E-state index in [4.69, 9.17) is 0 Å². The summed E-state index contributed by atoms with van der Waals surface area (Å²) in [6.07, 6.45) is 17.1. The van der Waals surface area contributed by atoms with Crippen molar-refractivity contribution in [2.24, 2.45) is 0 Å². The lowest BCUT2D eigenvalue weighted by Gasteiger charge is -2.06. The third-order valence-electron chi connectivity index (χ3n) is 5.49. The third kappa shape index (κ3) is 8.32. The van der Waals surface area contributed by atoms with E-state index in [1.807, 2.05) is 12.1 Å². The number of hydrogen-bond donors (Lipinski definition) is 1. The van der Waals surface area contributed by atoms with Gasteiger partial charge in [0.05, 0.1) is 4.90 Å². The molecule has 0 aliphatic heterocycles. The summed E-state index contributed by atoms with van der Waals surface area (Å²) in [7, 11) is -4.15. The van der Waals surface area contributed by atoms with Crippen LogP contribution in [0.15, 0.2) is 41.3 Å². The van der Waals surface area contributed by atoms with Crippen LogP contribution in [0.5, 0.6) is 0 Å². The molecule has 0 heterocycles. The predicted molar refractivity (Wildman–Crippen MR) is 119 cm³/mol. The van der Waals surface area contributed by atoms with Gasteiger partial charge in [0.25, 0.3) is 10.1 Å². The average molecular weight is 405 g/mol. The van der Waals surface area contributed by atoms with E-state index in [0.29, 0.717) is 0 Å². The Labute approximate surface area is 171 Å². The maximum absolute atomic E-state index is 11.3. The van der Waals surface area contributed by atoms with Crippen LogP contribution < -0.4 is 0 Å².